The summed E-state index contributed by atoms with van der Waals surface area (Å²) in [6.45, 7) is 7.63. The fourth-order valence-electron chi connectivity index (χ4n) is 2.27. The second-order valence-corrected chi connectivity index (χ2v) is 4.84. The summed E-state index contributed by atoms with van der Waals surface area (Å²) >= 11 is 0. The van der Waals surface area contributed by atoms with Crippen LogP contribution in [0.15, 0.2) is 18.0 Å². The van der Waals surface area contributed by atoms with Gasteiger partial charge in [0.2, 0.25) is 5.95 Å². The molecular weight excluding hydrogens is 296 g/mol. The van der Waals surface area contributed by atoms with Gasteiger partial charge in [-0.3, -0.25) is 10.1 Å². The molecule has 1 aromatic heterocycles. The number of hydrogen-bond donors (Lipinski definition) is 3. The molecule has 2 fully saturated rings. The van der Waals surface area contributed by atoms with Gasteiger partial charge in [-0.25, -0.2) is 14.8 Å². The Balaban J connectivity index is 0.000000924. The highest BCUT2D eigenvalue weighted by Crippen LogP contribution is 2.12. The zero-order valence-corrected chi connectivity index (χ0v) is 13.4. The van der Waals surface area contributed by atoms with E-state index in [-0.39, 0.29) is 5.70 Å². The summed E-state index contributed by atoms with van der Waals surface area (Å²) in [6.07, 6.45) is 4.23. The van der Waals surface area contributed by atoms with E-state index in [2.05, 4.69) is 30.8 Å². The zero-order valence-electron chi connectivity index (χ0n) is 13.4. The number of hydrogen-bond acceptors (Lipinski definition) is 6. The lowest BCUT2D eigenvalue weighted by Crippen LogP contribution is -2.29. The second kappa shape index (κ2) is 8.23. The number of carbonyl (C=O) groups excluding carboxylic acids is 2. The van der Waals surface area contributed by atoms with Gasteiger partial charge in [0, 0.05) is 25.8 Å². The average molecular weight is 318 g/mol. The van der Waals surface area contributed by atoms with E-state index >= 15 is 0 Å². The summed E-state index contributed by atoms with van der Waals surface area (Å²) in [4.78, 5) is 33.4. The fraction of sp³-hybridized carbons (Fsp3) is 0.467. The van der Waals surface area contributed by atoms with Gasteiger partial charge in [0.1, 0.15) is 5.70 Å². The van der Waals surface area contributed by atoms with Crippen LogP contribution in [0.1, 0.15) is 26.0 Å². The number of rotatable bonds is 2. The molecule has 3 N–H and O–H groups in total. The summed E-state index contributed by atoms with van der Waals surface area (Å²) in [5, 5.41) is 7.91. The molecular formula is C15H22N6O2. The average Bonchev–Trinajstić information content (AvgIpc) is 2.77. The SMILES string of the molecule is CC.O=C1NC(=O)/C(=C/c2ccnc(N3CCCNCC3)n2)N1. The Kier molecular flexibility index (Phi) is 6.04. The summed E-state index contributed by atoms with van der Waals surface area (Å²) in [5.74, 6) is 0.192. The molecule has 2 saturated heterocycles. The molecule has 0 radical (unpaired) electrons. The third kappa shape index (κ3) is 4.49. The Bertz CT molecular complexity index is 593. The Morgan fingerprint density at radius 1 is 1.17 bits per heavy atom. The topological polar surface area (TPSA) is 99.2 Å². The van der Waals surface area contributed by atoms with Crippen LogP contribution in [0.5, 0.6) is 0 Å². The van der Waals surface area contributed by atoms with Crippen molar-refractivity contribution in [1.29, 1.82) is 0 Å². The first-order valence-corrected chi connectivity index (χ1v) is 7.85. The van der Waals surface area contributed by atoms with Crippen LogP contribution in [0.2, 0.25) is 0 Å². The maximum Gasteiger partial charge on any atom is 0.326 e. The Morgan fingerprint density at radius 2 is 2.00 bits per heavy atom. The minimum atomic E-state index is -0.515. The van der Waals surface area contributed by atoms with Crippen molar-refractivity contribution in [2.75, 3.05) is 31.1 Å². The molecule has 3 heterocycles. The maximum absolute atomic E-state index is 11.5. The van der Waals surface area contributed by atoms with E-state index in [0.29, 0.717) is 11.6 Å². The van der Waals surface area contributed by atoms with E-state index in [0.717, 1.165) is 32.6 Å². The maximum atomic E-state index is 11.5. The Morgan fingerprint density at radius 3 is 2.74 bits per heavy atom. The lowest BCUT2D eigenvalue weighted by atomic mass is 10.3. The van der Waals surface area contributed by atoms with Crippen LogP contribution in [0.25, 0.3) is 6.08 Å². The van der Waals surface area contributed by atoms with Crippen LogP contribution in [0.3, 0.4) is 0 Å². The van der Waals surface area contributed by atoms with Crippen LogP contribution >= 0.6 is 0 Å². The van der Waals surface area contributed by atoms with Gasteiger partial charge in [-0.15, -0.1) is 0 Å². The molecule has 0 saturated carbocycles. The fourth-order valence-corrected chi connectivity index (χ4v) is 2.27. The highest BCUT2D eigenvalue weighted by atomic mass is 16.2. The van der Waals surface area contributed by atoms with Crippen molar-refractivity contribution in [2.45, 2.75) is 20.3 Å². The third-order valence-corrected chi connectivity index (χ3v) is 3.30. The molecule has 2 aliphatic rings. The first-order chi connectivity index (χ1) is 11.2. The van der Waals surface area contributed by atoms with Gasteiger partial charge < -0.3 is 15.5 Å². The second-order valence-electron chi connectivity index (χ2n) is 4.84. The number of urea groups is 1. The first kappa shape index (κ1) is 16.9. The third-order valence-electron chi connectivity index (χ3n) is 3.30. The van der Waals surface area contributed by atoms with Gasteiger partial charge in [-0.1, -0.05) is 13.8 Å². The molecule has 2 aliphatic heterocycles. The lowest BCUT2D eigenvalue weighted by molar-refractivity contribution is -0.115. The molecule has 0 unspecified atom stereocenters. The van der Waals surface area contributed by atoms with E-state index in [1.165, 1.54) is 0 Å². The molecule has 23 heavy (non-hydrogen) atoms. The molecule has 1 aromatic rings. The summed E-state index contributed by atoms with van der Waals surface area (Å²) in [5.41, 5.74) is 0.784. The quantitative estimate of drug-likeness (QED) is 0.542. The summed E-state index contributed by atoms with van der Waals surface area (Å²) in [6, 6.07) is 1.18. The van der Waals surface area contributed by atoms with E-state index in [4.69, 9.17) is 0 Å². The predicted octanol–water partition coefficient (Wildman–Crippen LogP) is 0.483. The van der Waals surface area contributed by atoms with E-state index in [1.807, 2.05) is 13.8 Å². The van der Waals surface area contributed by atoms with E-state index < -0.39 is 11.9 Å². The summed E-state index contributed by atoms with van der Waals surface area (Å²) < 4.78 is 0. The molecule has 3 amide bonds. The largest absolute Gasteiger partial charge is 0.339 e. The van der Waals surface area contributed by atoms with Crippen molar-refractivity contribution in [3.8, 4) is 0 Å². The van der Waals surface area contributed by atoms with Crippen LogP contribution in [-0.4, -0.2) is 48.1 Å². The number of imide groups is 1. The Hall–Kier alpha value is -2.48. The molecule has 124 valence electrons. The minimum Gasteiger partial charge on any atom is -0.339 e. The van der Waals surface area contributed by atoms with Gasteiger partial charge >= 0.3 is 6.03 Å². The van der Waals surface area contributed by atoms with Gasteiger partial charge in [-0.2, -0.15) is 0 Å². The zero-order chi connectivity index (χ0) is 16.7. The van der Waals surface area contributed by atoms with Crippen molar-refractivity contribution < 1.29 is 9.59 Å². The molecule has 0 aliphatic carbocycles. The molecule has 8 nitrogen and oxygen atoms in total. The smallest absolute Gasteiger partial charge is 0.326 e. The van der Waals surface area contributed by atoms with Crippen LogP contribution in [0, 0.1) is 0 Å². The van der Waals surface area contributed by atoms with Crippen molar-refractivity contribution in [3.63, 3.8) is 0 Å². The van der Waals surface area contributed by atoms with Gasteiger partial charge in [0.15, 0.2) is 0 Å². The number of amides is 3. The van der Waals surface area contributed by atoms with Crippen LogP contribution < -0.4 is 20.9 Å². The predicted molar refractivity (Wildman–Crippen MR) is 87.7 cm³/mol. The Labute approximate surface area is 135 Å². The van der Waals surface area contributed by atoms with Crippen LogP contribution in [-0.2, 0) is 4.79 Å². The molecule has 3 rings (SSSR count). The minimum absolute atomic E-state index is 0.196. The number of aromatic nitrogens is 2. The number of nitrogens with zero attached hydrogens (tertiary/aromatic N) is 3. The highest BCUT2D eigenvalue weighted by molar-refractivity contribution is 6.13. The lowest BCUT2D eigenvalue weighted by Gasteiger charge is -2.19. The number of carbonyl (C=O) groups is 2. The van der Waals surface area contributed by atoms with Gasteiger partial charge in [0.25, 0.3) is 5.91 Å². The van der Waals surface area contributed by atoms with Gasteiger partial charge in [0.05, 0.1) is 5.69 Å². The van der Waals surface area contributed by atoms with Crippen molar-refractivity contribution >= 4 is 24.0 Å². The number of nitrogens with one attached hydrogen (secondary N) is 3. The molecule has 0 bridgehead atoms. The molecule has 0 aromatic carbocycles. The first-order valence-electron chi connectivity index (χ1n) is 7.85. The number of anilines is 1. The molecule has 0 atom stereocenters. The van der Waals surface area contributed by atoms with Crippen molar-refractivity contribution in [1.82, 2.24) is 25.9 Å². The van der Waals surface area contributed by atoms with Crippen LogP contribution in [0.4, 0.5) is 10.7 Å². The molecule has 8 heteroatoms. The van der Waals surface area contributed by atoms with E-state index in [9.17, 15) is 9.59 Å². The summed E-state index contributed by atoms with van der Waals surface area (Å²) in [7, 11) is 0. The van der Waals surface area contributed by atoms with Gasteiger partial charge in [-0.05, 0) is 25.1 Å². The van der Waals surface area contributed by atoms with Crippen molar-refractivity contribution in [3.05, 3.63) is 23.7 Å². The van der Waals surface area contributed by atoms with E-state index in [1.54, 1.807) is 18.3 Å². The monoisotopic (exact) mass is 318 g/mol. The highest BCUT2D eigenvalue weighted by Gasteiger charge is 2.23. The standard InChI is InChI=1S/C13H16N6O2.C2H6/c20-11-10(17-13(21)18-11)8-9-2-4-15-12(16-9)19-6-1-3-14-5-7-19;1-2/h2,4,8,14H,1,3,5-7H2,(H2,17,18,20,21);1-2H3/b10-8-;. The normalized spacial score (nSPS) is 19.6. The molecule has 0 spiro atoms. The van der Waals surface area contributed by atoms with Crippen molar-refractivity contribution in [2.24, 2.45) is 0 Å².